The molecule has 1 amide bonds. The third-order valence-electron chi connectivity index (χ3n) is 3.06. The van der Waals surface area contributed by atoms with Crippen molar-refractivity contribution in [2.24, 2.45) is 0 Å². The molecule has 3 rings (SSSR count). The van der Waals surface area contributed by atoms with E-state index in [2.05, 4.69) is 4.98 Å². The van der Waals surface area contributed by atoms with Crippen LogP contribution in [0.5, 0.6) is 0 Å². The van der Waals surface area contributed by atoms with Crippen molar-refractivity contribution >= 4 is 46.0 Å². The van der Waals surface area contributed by atoms with Crippen LogP contribution in [0.2, 0.25) is 0 Å². The van der Waals surface area contributed by atoms with Crippen molar-refractivity contribution in [2.45, 2.75) is 6.92 Å². The molecule has 1 N–H and O–H groups in total. The first-order valence-corrected chi connectivity index (χ1v) is 7.36. The van der Waals surface area contributed by atoms with Gasteiger partial charge in [0.2, 0.25) is 0 Å². The molecule has 1 aromatic heterocycles. The Kier molecular flexibility index (Phi) is 3.46. The summed E-state index contributed by atoms with van der Waals surface area (Å²) in [4.78, 5) is 17.8. The zero-order chi connectivity index (χ0) is 14.1. The van der Waals surface area contributed by atoms with Crippen LogP contribution in [-0.4, -0.2) is 15.2 Å². The molecule has 1 saturated heterocycles. The standard InChI is InChI=1S/C15H12N2OS2/c1-10-5-2-3-7-12(10)17-14(18)13(20-15(17)19)9-11-6-4-8-16-11/h2-9,16H,1H3. The number of aromatic nitrogens is 1. The number of nitrogens with zero attached hydrogens (tertiary/aromatic N) is 1. The lowest BCUT2D eigenvalue weighted by molar-refractivity contribution is -0.113. The summed E-state index contributed by atoms with van der Waals surface area (Å²) in [5.74, 6) is -0.0658. The predicted molar refractivity (Wildman–Crippen MR) is 87.6 cm³/mol. The van der Waals surface area contributed by atoms with Gasteiger partial charge in [0.1, 0.15) is 0 Å². The normalized spacial score (nSPS) is 17.2. The lowest BCUT2D eigenvalue weighted by Gasteiger charge is -2.16. The van der Waals surface area contributed by atoms with E-state index in [1.807, 2.05) is 55.6 Å². The van der Waals surface area contributed by atoms with Crippen LogP contribution in [-0.2, 0) is 4.79 Å². The van der Waals surface area contributed by atoms with E-state index in [0.717, 1.165) is 16.9 Å². The second-order valence-corrected chi connectivity index (χ2v) is 6.10. The molecule has 5 heteroatoms. The van der Waals surface area contributed by atoms with Crippen LogP contribution in [0.3, 0.4) is 0 Å². The average Bonchev–Trinajstić information content (AvgIpc) is 3.01. The molecule has 3 nitrogen and oxygen atoms in total. The molecular weight excluding hydrogens is 288 g/mol. The summed E-state index contributed by atoms with van der Waals surface area (Å²) in [7, 11) is 0. The Labute approximate surface area is 126 Å². The average molecular weight is 300 g/mol. The number of hydrogen-bond acceptors (Lipinski definition) is 3. The van der Waals surface area contributed by atoms with Crippen molar-refractivity contribution in [1.29, 1.82) is 0 Å². The molecule has 0 saturated carbocycles. The van der Waals surface area contributed by atoms with Gasteiger partial charge in [0.05, 0.1) is 10.6 Å². The summed E-state index contributed by atoms with van der Waals surface area (Å²) >= 11 is 6.68. The second kappa shape index (κ2) is 5.26. The SMILES string of the molecule is Cc1ccccc1N1C(=O)C(=Cc2ccc[nH]2)SC1=S. The van der Waals surface area contributed by atoms with Gasteiger partial charge < -0.3 is 4.98 Å². The fourth-order valence-corrected chi connectivity index (χ4v) is 3.34. The number of thiocarbonyl (C=S) groups is 1. The first-order valence-electron chi connectivity index (χ1n) is 6.14. The number of hydrogen-bond donors (Lipinski definition) is 1. The van der Waals surface area contributed by atoms with E-state index in [-0.39, 0.29) is 5.91 Å². The quantitative estimate of drug-likeness (QED) is 0.678. The van der Waals surface area contributed by atoms with Gasteiger partial charge in [-0.15, -0.1) is 0 Å². The Balaban J connectivity index is 1.98. The Morgan fingerprint density at radius 3 is 2.75 bits per heavy atom. The highest BCUT2D eigenvalue weighted by molar-refractivity contribution is 8.27. The van der Waals surface area contributed by atoms with E-state index in [4.69, 9.17) is 12.2 Å². The largest absolute Gasteiger partial charge is 0.362 e. The highest BCUT2D eigenvalue weighted by Crippen LogP contribution is 2.36. The van der Waals surface area contributed by atoms with E-state index in [0.29, 0.717) is 9.23 Å². The van der Waals surface area contributed by atoms with E-state index in [1.54, 1.807) is 4.90 Å². The molecule has 0 unspecified atom stereocenters. The number of nitrogens with one attached hydrogen (secondary N) is 1. The smallest absolute Gasteiger partial charge is 0.270 e. The summed E-state index contributed by atoms with van der Waals surface area (Å²) in [6.45, 7) is 1.97. The van der Waals surface area contributed by atoms with Gasteiger partial charge in [0.25, 0.3) is 5.91 Å². The molecule has 1 aromatic carbocycles. The summed E-state index contributed by atoms with van der Waals surface area (Å²) in [6.07, 6.45) is 3.66. The van der Waals surface area contributed by atoms with Crippen molar-refractivity contribution in [2.75, 3.05) is 4.90 Å². The fourth-order valence-electron chi connectivity index (χ4n) is 2.06. The zero-order valence-electron chi connectivity index (χ0n) is 10.8. The van der Waals surface area contributed by atoms with Crippen molar-refractivity contribution in [3.8, 4) is 0 Å². The summed E-state index contributed by atoms with van der Waals surface area (Å²) in [5, 5.41) is 0. The topological polar surface area (TPSA) is 36.1 Å². The number of anilines is 1. The van der Waals surface area contributed by atoms with Crippen molar-refractivity contribution in [3.05, 3.63) is 58.8 Å². The lowest BCUT2D eigenvalue weighted by atomic mass is 10.2. The molecule has 0 radical (unpaired) electrons. The zero-order valence-corrected chi connectivity index (χ0v) is 12.4. The number of aromatic amines is 1. The number of aryl methyl sites for hydroxylation is 1. The van der Waals surface area contributed by atoms with Gasteiger partial charge in [-0.1, -0.05) is 42.2 Å². The molecule has 2 heterocycles. The summed E-state index contributed by atoms with van der Waals surface area (Å²) in [6, 6.07) is 11.6. The van der Waals surface area contributed by atoms with E-state index < -0.39 is 0 Å². The third-order valence-corrected chi connectivity index (χ3v) is 4.36. The molecule has 2 aromatic rings. The predicted octanol–water partition coefficient (Wildman–Crippen LogP) is 3.73. The molecule has 1 aliphatic rings. The number of carbonyl (C=O) groups is 1. The number of rotatable bonds is 2. The van der Waals surface area contributed by atoms with Gasteiger partial charge in [0, 0.05) is 11.9 Å². The molecule has 0 aliphatic carbocycles. The molecule has 0 atom stereocenters. The lowest BCUT2D eigenvalue weighted by Crippen LogP contribution is -2.28. The molecule has 20 heavy (non-hydrogen) atoms. The number of carbonyl (C=O) groups excluding carboxylic acids is 1. The first-order chi connectivity index (χ1) is 9.66. The number of benzene rings is 1. The maximum Gasteiger partial charge on any atom is 0.270 e. The minimum Gasteiger partial charge on any atom is -0.362 e. The van der Waals surface area contributed by atoms with Crippen LogP contribution < -0.4 is 4.90 Å². The van der Waals surface area contributed by atoms with Gasteiger partial charge in [0.15, 0.2) is 4.32 Å². The molecule has 100 valence electrons. The van der Waals surface area contributed by atoms with Crippen molar-refractivity contribution < 1.29 is 4.79 Å². The molecule has 1 fully saturated rings. The number of amides is 1. The van der Waals surface area contributed by atoms with Gasteiger partial charge in [-0.05, 0) is 36.8 Å². The van der Waals surface area contributed by atoms with E-state index in [9.17, 15) is 4.79 Å². The first kappa shape index (κ1) is 13.1. The van der Waals surface area contributed by atoms with Gasteiger partial charge in [-0.2, -0.15) is 0 Å². The van der Waals surface area contributed by atoms with Crippen LogP contribution in [0.25, 0.3) is 6.08 Å². The van der Waals surface area contributed by atoms with Gasteiger partial charge >= 0.3 is 0 Å². The third kappa shape index (κ3) is 2.30. The Morgan fingerprint density at radius 1 is 1.25 bits per heavy atom. The van der Waals surface area contributed by atoms with Crippen LogP contribution in [0.15, 0.2) is 47.5 Å². The Hall–Kier alpha value is -1.85. The number of thioether (sulfide) groups is 1. The molecule has 0 spiro atoms. The highest BCUT2D eigenvalue weighted by Gasteiger charge is 2.33. The number of para-hydroxylation sites is 1. The monoisotopic (exact) mass is 300 g/mol. The second-order valence-electron chi connectivity index (χ2n) is 4.43. The Bertz CT molecular complexity index is 704. The summed E-state index contributed by atoms with van der Waals surface area (Å²) in [5.41, 5.74) is 2.78. The van der Waals surface area contributed by atoms with E-state index in [1.165, 1.54) is 11.8 Å². The molecule has 0 bridgehead atoms. The maximum absolute atomic E-state index is 12.5. The van der Waals surface area contributed by atoms with Crippen molar-refractivity contribution in [1.82, 2.24) is 4.98 Å². The van der Waals surface area contributed by atoms with E-state index >= 15 is 0 Å². The van der Waals surface area contributed by atoms with Crippen LogP contribution >= 0.6 is 24.0 Å². The highest BCUT2D eigenvalue weighted by atomic mass is 32.2. The molecular formula is C15H12N2OS2. The van der Waals surface area contributed by atoms with Crippen LogP contribution in [0, 0.1) is 6.92 Å². The minimum atomic E-state index is -0.0658. The fraction of sp³-hybridized carbons (Fsp3) is 0.0667. The van der Waals surface area contributed by atoms with Crippen LogP contribution in [0.4, 0.5) is 5.69 Å². The molecule has 1 aliphatic heterocycles. The van der Waals surface area contributed by atoms with Crippen LogP contribution in [0.1, 0.15) is 11.3 Å². The maximum atomic E-state index is 12.5. The Morgan fingerprint density at radius 2 is 2.05 bits per heavy atom. The minimum absolute atomic E-state index is 0.0658. The van der Waals surface area contributed by atoms with Gasteiger partial charge in [-0.25, -0.2) is 0 Å². The summed E-state index contributed by atoms with van der Waals surface area (Å²) < 4.78 is 0.571. The van der Waals surface area contributed by atoms with Crippen molar-refractivity contribution in [3.63, 3.8) is 0 Å². The van der Waals surface area contributed by atoms with Gasteiger partial charge in [-0.3, -0.25) is 9.69 Å². The number of H-pyrrole nitrogens is 1.